The number of carbonyl (C=O) groups is 1. The monoisotopic (exact) mass is 435 g/mol. The van der Waals surface area contributed by atoms with Gasteiger partial charge in [0.2, 0.25) is 10.0 Å². The minimum atomic E-state index is -3.44. The molecular formula is C19H15Cl2N3O3S. The summed E-state index contributed by atoms with van der Waals surface area (Å²) in [5.41, 5.74) is 2.35. The van der Waals surface area contributed by atoms with Crippen LogP contribution in [0.3, 0.4) is 0 Å². The number of nitrogens with zero attached hydrogens (tertiary/aromatic N) is 1. The van der Waals surface area contributed by atoms with E-state index < -0.39 is 15.9 Å². The molecule has 0 unspecified atom stereocenters. The Kier molecular flexibility index (Phi) is 5.88. The lowest BCUT2D eigenvalue weighted by molar-refractivity contribution is 0.102. The molecule has 0 aliphatic carbocycles. The normalized spacial score (nSPS) is 11.1. The van der Waals surface area contributed by atoms with Gasteiger partial charge >= 0.3 is 0 Å². The topological polar surface area (TPSA) is 88.2 Å². The van der Waals surface area contributed by atoms with E-state index in [1.165, 1.54) is 18.2 Å². The summed E-state index contributed by atoms with van der Waals surface area (Å²) in [6, 6.07) is 14.8. The van der Waals surface area contributed by atoms with Crippen LogP contribution in [0.25, 0.3) is 11.3 Å². The highest BCUT2D eigenvalue weighted by Gasteiger charge is 2.14. The molecule has 0 atom stereocenters. The Labute approximate surface area is 172 Å². The lowest BCUT2D eigenvalue weighted by Gasteiger charge is -2.11. The lowest BCUT2D eigenvalue weighted by Crippen LogP contribution is -2.13. The molecule has 3 aromatic rings. The van der Waals surface area contributed by atoms with Gasteiger partial charge in [0, 0.05) is 23.1 Å². The number of anilines is 2. The van der Waals surface area contributed by atoms with E-state index in [0.29, 0.717) is 22.0 Å². The number of benzene rings is 2. The van der Waals surface area contributed by atoms with Crippen LogP contribution in [0.4, 0.5) is 11.4 Å². The number of hydrogen-bond acceptors (Lipinski definition) is 4. The molecule has 0 saturated heterocycles. The van der Waals surface area contributed by atoms with E-state index in [1.54, 1.807) is 30.5 Å². The molecule has 2 N–H and O–H groups in total. The van der Waals surface area contributed by atoms with E-state index in [9.17, 15) is 13.2 Å². The zero-order valence-corrected chi connectivity index (χ0v) is 16.9. The number of carbonyl (C=O) groups excluding carboxylic acids is 1. The second-order valence-corrected chi connectivity index (χ2v) is 8.50. The largest absolute Gasteiger partial charge is 0.322 e. The van der Waals surface area contributed by atoms with Crippen LogP contribution in [0.15, 0.2) is 60.8 Å². The molecule has 0 aliphatic rings. The average Bonchev–Trinajstić information content (AvgIpc) is 2.62. The summed E-state index contributed by atoms with van der Waals surface area (Å²) in [4.78, 5) is 16.8. The third kappa shape index (κ3) is 5.01. The number of hydrogen-bond donors (Lipinski definition) is 2. The fourth-order valence-electron chi connectivity index (χ4n) is 2.50. The maximum absolute atomic E-state index is 12.6. The third-order valence-corrected chi connectivity index (χ3v) is 4.93. The summed E-state index contributed by atoms with van der Waals surface area (Å²) in [6.45, 7) is 0. The molecule has 3 rings (SSSR count). The van der Waals surface area contributed by atoms with Gasteiger partial charge in [-0.2, -0.15) is 0 Å². The number of nitrogens with one attached hydrogen (secondary N) is 2. The predicted molar refractivity (Wildman–Crippen MR) is 113 cm³/mol. The number of pyridine rings is 1. The molecule has 28 heavy (non-hydrogen) atoms. The molecule has 0 bridgehead atoms. The molecule has 1 amide bonds. The van der Waals surface area contributed by atoms with Crippen molar-refractivity contribution in [2.75, 3.05) is 16.3 Å². The van der Waals surface area contributed by atoms with Crippen molar-refractivity contribution in [1.82, 2.24) is 4.98 Å². The van der Waals surface area contributed by atoms with Crippen LogP contribution in [0, 0.1) is 0 Å². The van der Waals surface area contributed by atoms with Gasteiger partial charge in [-0.05, 0) is 48.5 Å². The van der Waals surface area contributed by atoms with Crippen molar-refractivity contribution >= 4 is 50.5 Å². The van der Waals surface area contributed by atoms with Gasteiger partial charge in [0.15, 0.2) is 0 Å². The predicted octanol–water partition coefficient (Wildman–Crippen LogP) is 4.68. The van der Waals surface area contributed by atoms with E-state index in [-0.39, 0.29) is 16.3 Å². The van der Waals surface area contributed by atoms with Crippen molar-refractivity contribution in [2.45, 2.75) is 0 Å². The number of amides is 1. The average molecular weight is 436 g/mol. The van der Waals surface area contributed by atoms with E-state index in [1.807, 2.05) is 12.1 Å². The van der Waals surface area contributed by atoms with Gasteiger partial charge in [0.1, 0.15) is 0 Å². The van der Waals surface area contributed by atoms with Crippen molar-refractivity contribution in [3.8, 4) is 11.3 Å². The lowest BCUT2D eigenvalue weighted by atomic mass is 10.1. The zero-order chi connectivity index (χ0) is 20.3. The van der Waals surface area contributed by atoms with Crippen molar-refractivity contribution in [3.05, 3.63) is 76.4 Å². The number of halogens is 2. The Morgan fingerprint density at radius 3 is 2.36 bits per heavy atom. The molecule has 144 valence electrons. The quantitative estimate of drug-likeness (QED) is 0.608. The standard InChI is InChI=1S/C19H15Cl2N3O3S/c1-28(26,27)24-13-5-7-14(17(21)11-13)19(25)23-12-6-8-16(20)15(10-12)18-4-2-3-9-22-18/h2-11,24H,1H3,(H,23,25). The van der Waals surface area contributed by atoms with Crippen LogP contribution in [-0.4, -0.2) is 25.6 Å². The minimum absolute atomic E-state index is 0.116. The van der Waals surface area contributed by atoms with Crippen molar-refractivity contribution in [2.24, 2.45) is 0 Å². The van der Waals surface area contributed by atoms with Gasteiger partial charge in [0.05, 0.1) is 27.6 Å². The summed E-state index contributed by atoms with van der Waals surface area (Å²) < 4.78 is 24.9. The summed E-state index contributed by atoms with van der Waals surface area (Å²) in [7, 11) is -3.44. The highest BCUT2D eigenvalue weighted by atomic mass is 35.5. The molecular weight excluding hydrogens is 421 g/mol. The maximum atomic E-state index is 12.6. The van der Waals surface area contributed by atoms with Crippen molar-refractivity contribution < 1.29 is 13.2 Å². The first kappa shape index (κ1) is 20.1. The SMILES string of the molecule is CS(=O)(=O)Nc1ccc(C(=O)Nc2ccc(Cl)c(-c3ccccn3)c2)c(Cl)c1. The Morgan fingerprint density at radius 1 is 0.964 bits per heavy atom. The summed E-state index contributed by atoms with van der Waals surface area (Å²) in [5, 5.41) is 3.38. The second-order valence-electron chi connectivity index (χ2n) is 5.93. The Balaban J connectivity index is 1.84. The van der Waals surface area contributed by atoms with Crippen LogP contribution in [0.5, 0.6) is 0 Å². The number of aromatic nitrogens is 1. The van der Waals surface area contributed by atoms with E-state index in [4.69, 9.17) is 23.2 Å². The molecule has 1 aromatic heterocycles. The molecule has 2 aromatic carbocycles. The van der Waals surface area contributed by atoms with Gasteiger partial charge in [-0.1, -0.05) is 29.3 Å². The molecule has 0 saturated carbocycles. The van der Waals surface area contributed by atoms with Crippen LogP contribution < -0.4 is 10.0 Å². The van der Waals surface area contributed by atoms with Crippen LogP contribution in [-0.2, 0) is 10.0 Å². The molecule has 6 nitrogen and oxygen atoms in total. The molecule has 0 fully saturated rings. The second kappa shape index (κ2) is 8.18. The Hall–Kier alpha value is -2.61. The maximum Gasteiger partial charge on any atom is 0.257 e. The van der Waals surface area contributed by atoms with E-state index in [2.05, 4.69) is 15.0 Å². The van der Waals surface area contributed by atoms with Crippen LogP contribution in [0.1, 0.15) is 10.4 Å². The van der Waals surface area contributed by atoms with Gasteiger partial charge in [0.25, 0.3) is 5.91 Å². The van der Waals surface area contributed by atoms with Crippen molar-refractivity contribution in [1.29, 1.82) is 0 Å². The molecule has 1 heterocycles. The fraction of sp³-hybridized carbons (Fsp3) is 0.0526. The minimum Gasteiger partial charge on any atom is -0.322 e. The third-order valence-electron chi connectivity index (χ3n) is 3.68. The van der Waals surface area contributed by atoms with Gasteiger partial charge in [-0.15, -0.1) is 0 Å². The molecule has 9 heteroatoms. The molecule has 0 aliphatic heterocycles. The Morgan fingerprint density at radius 2 is 1.71 bits per heavy atom. The number of sulfonamides is 1. The fourth-order valence-corrected chi connectivity index (χ4v) is 3.53. The van der Waals surface area contributed by atoms with Gasteiger partial charge < -0.3 is 5.32 Å². The summed E-state index contributed by atoms with van der Waals surface area (Å²) >= 11 is 12.4. The van der Waals surface area contributed by atoms with Gasteiger partial charge in [-0.3, -0.25) is 14.5 Å². The Bertz CT molecular complexity index is 1140. The van der Waals surface area contributed by atoms with Gasteiger partial charge in [-0.25, -0.2) is 8.42 Å². The summed E-state index contributed by atoms with van der Waals surface area (Å²) in [5.74, 6) is -0.440. The van der Waals surface area contributed by atoms with E-state index in [0.717, 1.165) is 6.26 Å². The smallest absolute Gasteiger partial charge is 0.257 e. The summed E-state index contributed by atoms with van der Waals surface area (Å²) in [6.07, 6.45) is 2.68. The van der Waals surface area contributed by atoms with Crippen molar-refractivity contribution in [3.63, 3.8) is 0 Å². The number of rotatable bonds is 5. The first-order chi connectivity index (χ1) is 13.2. The highest BCUT2D eigenvalue weighted by molar-refractivity contribution is 7.92. The zero-order valence-electron chi connectivity index (χ0n) is 14.6. The first-order valence-electron chi connectivity index (χ1n) is 8.02. The molecule has 0 radical (unpaired) electrons. The van der Waals surface area contributed by atoms with Crippen LogP contribution in [0.2, 0.25) is 10.0 Å². The first-order valence-corrected chi connectivity index (χ1v) is 10.7. The van der Waals surface area contributed by atoms with E-state index >= 15 is 0 Å². The van der Waals surface area contributed by atoms with Crippen LogP contribution >= 0.6 is 23.2 Å². The highest BCUT2D eigenvalue weighted by Crippen LogP contribution is 2.30. The molecule has 0 spiro atoms.